The number of nitrogens with one attached hydrogen (secondary N) is 1. The van der Waals surface area contributed by atoms with E-state index in [1.165, 1.54) is 37.3 Å². The summed E-state index contributed by atoms with van der Waals surface area (Å²) in [6.45, 7) is 1.50. The molecule has 0 saturated carbocycles. The van der Waals surface area contributed by atoms with Gasteiger partial charge in [0.1, 0.15) is 11.9 Å². The second kappa shape index (κ2) is 10.8. The van der Waals surface area contributed by atoms with Gasteiger partial charge in [-0.1, -0.05) is 36.7 Å². The molecule has 6 nitrogen and oxygen atoms in total. The van der Waals surface area contributed by atoms with Gasteiger partial charge in [0.15, 0.2) is 0 Å². The molecule has 3 rings (SSSR count). The lowest BCUT2D eigenvalue weighted by Crippen LogP contribution is -2.48. The van der Waals surface area contributed by atoms with Crippen LogP contribution in [0.3, 0.4) is 0 Å². The summed E-state index contributed by atoms with van der Waals surface area (Å²) in [5, 5.41) is 3.11. The molecule has 0 bridgehead atoms. The fourth-order valence-electron chi connectivity index (χ4n) is 2.87. The fraction of sp³-hybridized carbons (Fsp3) is 0.182. The molecule has 0 aliphatic rings. The van der Waals surface area contributed by atoms with Crippen molar-refractivity contribution >= 4 is 44.8 Å². The van der Waals surface area contributed by atoms with Crippen molar-refractivity contribution in [1.82, 2.24) is 10.3 Å². The van der Waals surface area contributed by atoms with E-state index in [4.69, 9.17) is 23.2 Å². The lowest BCUT2D eigenvalue weighted by atomic mass is 10.2. The van der Waals surface area contributed by atoms with E-state index in [0.717, 1.165) is 22.0 Å². The number of hydrogen-bond acceptors (Lipinski definition) is 4. The standard InChI is InChI=1S/C21H18Cl2FN3O3S.CH4/c1-14(21(28)26-13-15-3-2-10-25-12-15)27(20-11-17(23)6-9-19(20)24)31(29,30)18-7-4-16(22)5-8-18;/h2-12,14H,13H2,1H3,(H,26,28);1H4. The molecule has 32 heavy (non-hydrogen) atoms. The minimum Gasteiger partial charge on any atom is -0.350 e. The first kappa shape index (κ1) is 25.6. The van der Waals surface area contributed by atoms with Crippen LogP contribution in [-0.4, -0.2) is 25.4 Å². The molecule has 1 amide bonds. The lowest BCUT2D eigenvalue weighted by Gasteiger charge is -2.30. The van der Waals surface area contributed by atoms with Crippen LogP contribution in [0, 0.1) is 5.82 Å². The summed E-state index contributed by atoms with van der Waals surface area (Å²) in [5.41, 5.74) is 0.385. The predicted molar refractivity (Wildman–Crippen MR) is 125 cm³/mol. The SMILES string of the molecule is C.CC(C(=O)NCc1cccnc1)N(c1cc(Cl)ccc1F)S(=O)(=O)c1ccc(Cl)cc1. The maximum Gasteiger partial charge on any atom is 0.265 e. The summed E-state index contributed by atoms with van der Waals surface area (Å²) in [5.74, 6) is -1.46. The first-order chi connectivity index (χ1) is 14.7. The number of nitrogens with zero attached hydrogens (tertiary/aromatic N) is 2. The zero-order chi connectivity index (χ0) is 22.6. The molecule has 0 aliphatic carbocycles. The van der Waals surface area contributed by atoms with Gasteiger partial charge in [0.2, 0.25) is 5.91 Å². The van der Waals surface area contributed by atoms with E-state index in [9.17, 15) is 17.6 Å². The number of amides is 1. The molecule has 1 heterocycles. The van der Waals surface area contributed by atoms with Crippen molar-refractivity contribution in [1.29, 1.82) is 0 Å². The summed E-state index contributed by atoms with van der Waals surface area (Å²) in [4.78, 5) is 16.7. The van der Waals surface area contributed by atoms with Crippen LogP contribution in [0.2, 0.25) is 10.0 Å². The van der Waals surface area contributed by atoms with Crippen molar-refractivity contribution in [2.75, 3.05) is 4.31 Å². The Bertz CT molecular complexity index is 1180. The molecule has 1 atom stereocenters. The summed E-state index contributed by atoms with van der Waals surface area (Å²) in [7, 11) is -4.33. The molecular formula is C22H22Cl2FN3O3S. The van der Waals surface area contributed by atoms with Crippen LogP contribution in [0.1, 0.15) is 19.9 Å². The van der Waals surface area contributed by atoms with Crippen LogP contribution >= 0.6 is 23.2 Å². The number of rotatable bonds is 7. The molecule has 10 heteroatoms. The van der Waals surface area contributed by atoms with E-state index in [0.29, 0.717) is 5.02 Å². The third-order valence-corrected chi connectivity index (χ3v) is 6.82. The van der Waals surface area contributed by atoms with E-state index in [-0.39, 0.29) is 29.6 Å². The highest BCUT2D eigenvalue weighted by Gasteiger charge is 2.35. The number of carbonyl (C=O) groups excluding carboxylic acids is 1. The summed E-state index contributed by atoms with van der Waals surface area (Å²) in [6, 6.07) is 11.0. The first-order valence-electron chi connectivity index (χ1n) is 9.12. The number of aromatic nitrogens is 1. The van der Waals surface area contributed by atoms with Crippen LogP contribution in [-0.2, 0) is 21.4 Å². The second-order valence-corrected chi connectivity index (χ2v) is 9.29. The summed E-state index contributed by atoms with van der Waals surface area (Å²) in [6.07, 6.45) is 3.17. The molecule has 3 aromatic rings. The van der Waals surface area contributed by atoms with Crippen LogP contribution in [0.15, 0.2) is 71.9 Å². The molecule has 0 fully saturated rings. The van der Waals surface area contributed by atoms with Gasteiger partial charge in [0.25, 0.3) is 10.0 Å². The van der Waals surface area contributed by atoms with E-state index in [1.54, 1.807) is 24.5 Å². The Hall–Kier alpha value is -2.68. The Kier molecular flexibility index (Phi) is 8.60. The molecular weight excluding hydrogens is 476 g/mol. The second-order valence-electron chi connectivity index (χ2n) is 6.61. The van der Waals surface area contributed by atoms with Crippen molar-refractivity contribution in [3.63, 3.8) is 0 Å². The monoisotopic (exact) mass is 497 g/mol. The predicted octanol–water partition coefficient (Wildman–Crippen LogP) is 5.06. The normalized spacial score (nSPS) is 11.9. The van der Waals surface area contributed by atoms with E-state index >= 15 is 0 Å². The zero-order valence-electron chi connectivity index (χ0n) is 16.3. The highest BCUT2D eigenvalue weighted by molar-refractivity contribution is 7.93. The third-order valence-electron chi connectivity index (χ3n) is 4.44. The van der Waals surface area contributed by atoms with Gasteiger partial charge >= 0.3 is 0 Å². The van der Waals surface area contributed by atoms with Gasteiger partial charge < -0.3 is 5.32 Å². The fourth-order valence-corrected chi connectivity index (χ4v) is 4.78. The van der Waals surface area contributed by atoms with Gasteiger partial charge in [-0.15, -0.1) is 0 Å². The molecule has 170 valence electrons. The molecule has 1 unspecified atom stereocenters. The van der Waals surface area contributed by atoms with Gasteiger partial charge in [-0.3, -0.25) is 14.1 Å². The van der Waals surface area contributed by atoms with Crippen LogP contribution in [0.5, 0.6) is 0 Å². The Morgan fingerprint density at radius 3 is 2.41 bits per heavy atom. The van der Waals surface area contributed by atoms with E-state index in [2.05, 4.69) is 10.3 Å². The minimum absolute atomic E-state index is 0. The largest absolute Gasteiger partial charge is 0.350 e. The smallest absolute Gasteiger partial charge is 0.265 e. The number of anilines is 1. The Balaban J connectivity index is 0.00000363. The minimum atomic E-state index is -4.33. The maximum atomic E-state index is 14.7. The molecule has 1 N–H and O–H groups in total. The van der Waals surface area contributed by atoms with Crippen LogP contribution < -0.4 is 9.62 Å². The Morgan fingerprint density at radius 1 is 1.12 bits per heavy atom. The number of sulfonamides is 1. The van der Waals surface area contributed by atoms with Crippen molar-refractivity contribution in [2.24, 2.45) is 0 Å². The Morgan fingerprint density at radius 2 is 1.78 bits per heavy atom. The lowest BCUT2D eigenvalue weighted by molar-refractivity contribution is -0.122. The quantitative estimate of drug-likeness (QED) is 0.494. The maximum absolute atomic E-state index is 14.7. The highest BCUT2D eigenvalue weighted by atomic mass is 35.5. The number of halogens is 3. The highest BCUT2D eigenvalue weighted by Crippen LogP contribution is 2.31. The zero-order valence-corrected chi connectivity index (χ0v) is 18.6. The van der Waals surface area contributed by atoms with Gasteiger partial charge in [-0.25, -0.2) is 12.8 Å². The molecule has 0 aliphatic heterocycles. The molecule has 0 spiro atoms. The van der Waals surface area contributed by atoms with Gasteiger partial charge in [0, 0.05) is 29.0 Å². The summed E-state index contributed by atoms with van der Waals surface area (Å²) >= 11 is 11.9. The van der Waals surface area contributed by atoms with Crippen molar-refractivity contribution in [3.05, 3.63) is 88.4 Å². The topological polar surface area (TPSA) is 79.4 Å². The van der Waals surface area contributed by atoms with E-state index in [1.807, 2.05) is 0 Å². The van der Waals surface area contributed by atoms with Crippen LogP contribution in [0.4, 0.5) is 10.1 Å². The van der Waals surface area contributed by atoms with Crippen molar-refractivity contribution in [3.8, 4) is 0 Å². The Labute approximate surface area is 197 Å². The van der Waals surface area contributed by atoms with Crippen LogP contribution in [0.25, 0.3) is 0 Å². The van der Waals surface area contributed by atoms with E-state index < -0.39 is 27.8 Å². The van der Waals surface area contributed by atoms with Gasteiger partial charge in [0.05, 0.1) is 10.6 Å². The number of benzene rings is 2. The average Bonchev–Trinajstić information content (AvgIpc) is 2.75. The number of pyridine rings is 1. The number of hydrogen-bond donors (Lipinski definition) is 1. The van der Waals surface area contributed by atoms with Crippen molar-refractivity contribution in [2.45, 2.75) is 31.8 Å². The first-order valence-corrected chi connectivity index (χ1v) is 11.3. The summed E-state index contributed by atoms with van der Waals surface area (Å²) < 4.78 is 42.2. The number of carbonyl (C=O) groups is 1. The average molecular weight is 498 g/mol. The molecule has 1 aromatic heterocycles. The van der Waals surface area contributed by atoms with Crippen molar-refractivity contribution < 1.29 is 17.6 Å². The molecule has 0 radical (unpaired) electrons. The molecule has 2 aromatic carbocycles. The third kappa shape index (κ3) is 5.76. The van der Waals surface area contributed by atoms with Gasteiger partial charge in [-0.2, -0.15) is 0 Å². The molecule has 0 saturated heterocycles. The van der Waals surface area contributed by atoms with Gasteiger partial charge in [-0.05, 0) is 61.0 Å².